The topological polar surface area (TPSA) is 54.3 Å². The molecule has 0 bridgehead atoms. The molecule has 1 unspecified atom stereocenters. The molecule has 5 heteroatoms. The molecule has 0 aliphatic carbocycles. The molecule has 0 radical (unpaired) electrons. The number of anilines is 1. The molecule has 1 fully saturated rings. The van der Waals surface area contributed by atoms with Gasteiger partial charge in [-0.2, -0.15) is 0 Å². The van der Waals surface area contributed by atoms with Gasteiger partial charge in [-0.15, -0.1) is 0 Å². The van der Waals surface area contributed by atoms with Crippen molar-refractivity contribution in [3.8, 4) is 0 Å². The highest BCUT2D eigenvalue weighted by Gasteiger charge is 2.27. The third-order valence-corrected chi connectivity index (χ3v) is 4.58. The molecule has 1 aromatic carbocycles. The third-order valence-electron chi connectivity index (χ3n) is 4.58. The molecule has 1 atom stereocenters. The van der Waals surface area contributed by atoms with E-state index in [2.05, 4.69) is 11.4 Å². The minimum Gasteiger partial charge on any atom is -0.318 e. The first-order valence-electron chi connectivity index (χ1n) is 8.53. The Balaban J connectivity index is 1.74. The Morgan fingerprint density at radius 3 is 2.76 bits per heavy atom. The zero-order chi connectivity index (χ0) is 17.8. The summed E-state index contributed by atoms with van der Waals surface area (Å²) in [5, 5.41) is 2.81. The summed E-state index contributed by atoms with van der Waals surface area (Å²) in [7, 11) is 1.68. The Morgan fingerprint density at radius 1 is 1.24 bits per heavy atom. The van der Waals surface area contributed by atoms with Crippen LogP contribution in [0.15, 0.2) is 53.5 Å². The van der Waals surface area contributed by atoms with E-state index in [1.165, 1.54) is 4.57 Å². The van der Waals surface area contributed by atoms with Crippen molar-refractivity contribution in [3.05, 3.63) is 70.2 Å². The van der Waals surface area contributed by atoms with E-state index in [0.29, 0.717) is 12.2 Å². The quantitative estimate of drug-likeness (QED) is 0.933. The number of nitrogens with zero attached hydrogens (tertiary/aromatic N) is 2. The number of carbonyl (C=O) groups is 1. The number of nitrogens with one attached hydrogen (secondary N) is 1. The average molecular weight is 337 g/mol. The summed E-state index contributed by atoms with van der Waals surface area (Å²) >= 11 is 0. The summed E-state index contributed by atoms with van der Waals surface area (Å²) in [4.78, 5) is 26.7. The second-order valence-corrected chi connectivity index (χ2v) is 6.39. The number of aryl methyl sites for hydroxylation is 2. The van der Waals surface area contributed by atoms with Crippen molar-refractivity contribution < 1.29 is 4.79 Å². The number of likely N-dealkylation sites (tertiary alicyclic amines) is 1. The average Bonchev–Trinajstić information content (AvgIpc) is 3.10. The molecule has 3 rings (SSSR count). The lowest BCUT2D eigenvalue weighted by atomic mass is 10.1. The van der Waals surface area contributed by atoms with Crippen LogP contribution >= 0.6 is 0 Å². The van der Waals surface area contributed by atoms with Gasteiger partial charge in [0, 0.05) is 19.8 Å². The molecule has 25 heavy (non-hydrogen) atoms. The summed E-state index contributed by atoms with van der Waals surface area (Å²) < 4.78 is 1.47. The van der Waals surface area contributed by atoms with Gasteiger partial charge in [0.25, 0.3) is 5.56 Å². The van der Waals surface area contributed by atoms with Crippen LogP contribution in [0.5, 0.6) is 0 Å². The van der Waals surface area contributed by atoms with Crippen LogP contribution in [0.4, 0.5) is 10.5 Å². The molecule has 2 aromatic rings. The highest BCUT2D eigenvalue weighted by Crippen LogP contribution is 2.21. The molecule has 1 saturated heterocycles. The number of urea groups is 1. The summed E-state index contributed by atoms with van der Waals surface area (Å²) in [5.41, 5.74) is 2.05. The SMILES string of the molecule is Cc1ccn(C)c(=O)c1NC(=O)N1CCCC1/C=C/c1ccccc1. The molecule has 0 saturated carbocycles. The highest BCUT2D eigenvalue weighted by molar-refractivity contribution is 5.90. The largest absolute Gasteiger partial charge is 0.322 e. The monoisotopic (exact) mass is 337 g/mol. The standard InChI is InChI=1S/C20H23N3O2/c1-15-12-14-22(2)19(24)18(15)21-20(25)23-13-6-9-17(23)11-10-16-7-4-3-5-8-16/h3-5,7-8,10-12,14,17H,6,9,13H2,1-2H3,(H,21,25)/b11-10+. The van der Waals surface area contributed by atoms with Crippen LogP contribution in [0.2, 0.25) is 0 Å². The Kier molecular flexibility index (Phi) is 5.03. The van der Waals surface area contributed by atoms with E-state index in [-0.39, 0.29) is 17.6 Å². The molecule has 2 heterocycles. The predicted octanol–water partition coefficient (Wildman–Crippen LogP) is 3.40. The van der Waals surface area contributed by atoms with E-state index < -0.39 is 0 Å². The second kappa shape index (κ2) is 7.38. The van der Waals surface area contributed by atoms with E-state index in [4.69, 9.17) is 0 Å². The van der Waals surface area contributed by atoms with Gasteiger partial charge in [-0.25, -0.2) is 4.79 Å². The highest BCUT2D eigenvalue weighted by atomic mass is 16.2. The fraction of sp³-hybridized carbons (Fsp3) is 0.300. The van der Waals surface area contributed by atoms with E-state index >= 15 is 0 Å². The minimum atomic E-state index is -0.216. The molecule has 1 aromatic heterocycles. The Hall–Kier alpha value is -2.82. The third kappa shape index (κ3) is 3.82. The van der Waals surface area contributed by atoms with Gasteiger partial charge in [0.2, 0.25) is 0 Å². The maximum atomic E-state index is 12.7. The maximum absolute atomic E-state index is 12.7. The molecular weight excluding hydrogens is 314 g/mol. The number of aromatic nitrogens is 1. The van der Waals surface area contributed by atoms with Gasteiger partial charge in [-0.1, -0.05) is 42.5 Å². The van der Waals surface area contributed by atoms with E-state index in [0.717, 1.165) is 24.0 Å². The molecule has 5 nitrogen and oxygen atoms in total. The summed E-state index contributed by atoms with van der Waals surface area (Å²) in [6.07, 6.45) is 7.71. The smallest absolute Gasteiger partial charge is 0.318 e. The minimum absolute atomic E-state index is 0.0491. The van der Waals surface area contributed by atoms with Crippen LogP contribution in [0.25, 0.3) is 6.08 Å². The van der Waals surface area contributed by atoms with Crippen LogP contribution in [0, 0.1) is 6.92 Å². The molecule has 1 N–H and O–H groups in total. The van der Waals surface area contributed by atoms with E-state index in [1.807, 2.05) is 49.4 Å². The van der Waals surface area contributed by atoms with Crippen molar-refractivity contribution in [2.75, 3.05) is 11.9 Å². The van der Waals surface area contributed by atoms with Crippen LogP contribution in [0.1, 0.15) is 24.0 Å². The summed E-state index contributed by atoms with van der Waals surface area (Å²) in [6, 6.07) is 11.7. The number of rotatable bonds is 3. The van der Waals surface area contributed by atoms with Crippen LogP contribution in [-0.2, 0) is 7.05 Å². The lowest BCUT2D eigenvalue weighted by Gasteiger charge is -2.23. The van der Waals surface area contributed by atoms with Gasteiger partial charge < -0.3 is 14.8 Å². The molecular formula is C20H23N3O2. The fourth-order valence-corrected chi connectivity index (χ4v) is 3.08. The molecule has 1 aliphatic rings. The van der Waals surface area contributed by atoms with E-state index in [1.54, 1.807) is 18.1 Å². The summed E-state index contributed by atoms with van der Waals surface area (Å²) in [5.74, 6) is 0. The second-order valence-electron chi connectivity index (χ2n) is 6.39. The normalized spacial score (nSPS) is 17.2. The Labute approximate surface area is 147 Å². The molecule has 0 spiro atoms. The number of hydrogen-bond acceptors (Lipinski definition) is 2. The molecule has 2 amide bonds. The Morgan fingerprint density at radius 2 is 2.00 bits per heavy atom. The van der Waals surface area contributed by atoms with Gasteiger partial charge in [-0.3, -0.25) is 4.79 Å². The molecule has 130 valence electrons. The lowest BCUT2D eigenvalue weighted by molar-refractivity contribution is 0.214. The number of pyridine rings is 1. The van der Waals surface area contributed by atoms with Crippen molar-refractivity contribution in [3.63, 3.8) is 0 Å². The van der Waals surface area contributed by atoms with Crippen LogP contribution in [0.3, 0.4) is 0 Å². The van der Waals surface area contributed by atoms with Crippen molar-refractivity contribution in [1.29, 1.82) is 0 Å². The van der Waals surface area contributed by atoms with Gasteiger partial charge in [0.1, 0.15) is 5.69 Å². The maximum Gasteiger partial charge on any atom is 0.322 e. The number of benzene rings is 1. The van der Waals surface area contributed by atoms with Gasteiger partial charge in [0.05, 0.1) is 6.04 Å². The van der Waals surface area contributed by atoms with E-state index in [9.17, 15) is 9.59 Å². The summed E-state index contributed by atoms with van der Waals surface area (Å²) in [6.45, 7) is 2.52. The van der Waals surface area contributed by atoms with Gasteiger partial charge in [-0.05, 0) is 37.0 Å². The van der Waals surface area contributed by atoms with Crippen molar-refractivity contribution in [2.24, 2.45) is 7.05 Å². The fourth-order valence-electron chi connectivity index (χ4n) is 3.08. The van der Waals surface area contributed by atoms with Crippen molar-refractivity contribution in [1.82, 2.24) is 9.47 Å². The van der Waals surface area contributed by atoms with Gasteiger partial charge in [0.15, 0.2) is 0 Å². The number of hydrogen-bond donors (Lipinski definition) is 1. The van der Waals surface area contributed by atoms with Crippen LogP contribution in [-0.4, -0.2) is 28.1 Å². The van der Waals surface area contributed by atoms with Crippen molar-refractivity contribution in [2.45, 2.75) is 25.8 Å². The zero-order valence-electron chi connectivity index (χ0n) is 14.6. The molecule has 1 aliphatic heterocycles. The van der Waals surface area contributed by atoms with Crippen molar-refractivity contribution >= 4 is 17.8 Å². The Bertz CT molecular complexity index is 840. The number of carbonyl (C=O) groups excluding carboxylic acids is 1. The first kappa shape index (κ1) is 17.0. The van der Waals surface area contributed by atoms with Gasteiger partial charge >= 0.3 is 6.03 Å². The van der Waals surface area contributed by atoms with Crippen LogP contribution < -0.4 is 10.9 Å². The first-order valence-corrected chi connectivity index (χ1v) is 8.53. The lowest BCUT2D eigenvalue weighted by Crippen LogP contribution is -2.39. The zero-order valence-corrected chi connectivity index (χ0v) is 14.6. The number of amides is 2. The predicted molar refractivity (Wildman–Crippen MR) is 101 cm³/mol. The first-order chi connectivity index (χ1) is 12.1.